The lowest BCUT2D eigenvalue weighted by Crippen LogP contribution is -2.13. The maximum atomic E-state index is 12.3. The first-order valence-corrected chi connectivity index (χ1v) is 8.09. The van der Waals surface area contributed by atoms with Crippen LogP contribution < -0.4 is 10.6 Å². The van der Waals surface area contributed by atoms with Crippen molar-refractivity contribution in [2.75, 3.05) is 23.4 Å². The maximum Gasteiger partial charge on any atom is 0.257 e. The summed E-state index contributed by atoms with van der Waals surface area (Å²) >= 11 is 7.68. The lowest BCUT2D eigenvalue weighted by molar-refractivity contribution is 0.102. The number of pyridine rings is 1. The number of amides is 1. The number of hydrogen-bond donors (Lipinski definition) is 2. The highest BCUT2D eigenvalue weighted by Crippen LogP contribution is 2.26. The van der Waals surface area contributed by atoms with E-state index in [4.69, 9.17) is 11.6 Å². The smallest absolute Gasteiger partial charge is 0.257 e. The molecule has 0 radical (unpaired) electrons. The van der Waals surface area contributed by atoms with Crippen molar-refractivity contribution in [2.45, 2.75) is 11.8 Å². The molecule has 1 aromatic carbocycles. The van der Waals surface area contributed by atoms with Gasteiger partial charge < -0.3 is 10.6 Å². The Bertz CT molecular complexity index is 649. The fourth-order valence-electron chi connectivity index (χ4n) is 1.80. The first-order chi connectivity index (χ1) is 10.2. The van der Waals surface area contributed by atoms with Gasteiger partial charge in [-0.25, -0.2) is 4.98 Å². The van der Waals surface area contributed by atoms with Gasteiger partial charge in [-0.1, -0.05) is 23.7 Å². The highest BCUT2D eigenvalue weighted by atomic mass is 35.5. The highest BCUT2D eigenvalue weighted by Gasteiger charge is 2.11. The molecule has 1 heterocycles. The zero-order chi connectivity index (χ0) is 15.2. The van der Waals surface area contributed by atoms with Crippen molar-refractivity contribution in [3.63, 3.8) is 0 Å². The number of anilines is 2. The number of rotatable bonds is 5. The van der Waals surface area contributed by atoms with E-state index in [2.05, 4.69) is 15.6 Å². The molecule has 0 saturated carbocycles. The summed E-state index contributed by atoms with van der Waals surface area (Å²) in [5, 5.41) is 6.34. The Morgan fingerprint density at radius 3 is 2.81 bits per heavy atom. The van der Waals surface area contributed by atoms with Crippen LogP contribution in [0.3, 0.4) is 0 Å². The molecule has 2 rings (SSSR count). The minimum Gasteiger partial charge on any atom is -0.369 e. The number of nitrogens with zero attached hydrogens (tertiary/aromatic N) is 1. The van der Waals surface area contributed by atoms with Gasteiger partial charge in [0.2, 0.25) is 0 Å². The average Bonchev–Trinajstić information content (AvgIpc) is 2.50. The third-order valence-electron chi connectivity index (χ3n) is 2.80. The number of aromatic nitrogens is 1. The first-order valence-electron chi connectivity index (χ1n) is 6.49. The summed E-state index contributed by atoms with van der Waals surface area (Å²) < 4.78 is 0. The summed E-state index contributed by atoms with van der Waals surface area (Å²) in [6, 6.07) is 9.26. The van der Waals surface area contributed by atoms with E-state index in [1.165, 1.54) is 6.20 Å². The van der Waals surface area contributed by atoms with Crippen LogP contribution in [0.2, 0.25) is 5.02 Å². The quantitative estimate of drug-likeness (QED) is 0.813. The lowest BCUT2D eigenvalue weighted by atomic mass is 10.2. The first kappa shape index (κ1) is 15.7. The highest BCUT2D eigenvalue weighted by molar-refractivity contribution is 7.98. The number of thioether (sulfide) groups is 1. The van der Waals surface area contributed by atoms with Crippen LogP contribution >= 0.6 is 23.4 Å². The van der Waals surface area contributed by atoms with Gasteiger partial charge in [-0.05, 0) is 31.4 Å². The number of carbonyl (C=O) groups excluding carboxylic acids is 1. The van der Waals surface area contributed by atoms with Crippen LogP contribution in [0.4, 0.5) is 11.5 Å². The molecule has 110 valence electrons. The van der Waals surface area contributed by atoms with Crippen LogP contribution in [-0.4, -0.2) is 23.7 Å². The van der Waals surface area contributed by atoms with Crippen molar-refractivity contribution in [1.29, 1.82) is 0 Å². The van der Waals surface area contributed by atoms with Gasteiger partial charge in [-0.3, -0.25) is 4.79 Å². The monoisotopic (exact) mass is 321 g/mol. The second-order valence-electron chi connectivity index (χ2n) is 4.24. The molecule has 2 N–H and O–H groups in total. The predicted octanol–water partition coefficient (Wildman–Crippen LogP) is 4.14. The van der Waals surface area contributed by atoms with Crippen LogP contribution in [0.5, 0.6) is 0 Å². The number of halogens is 1. The zero-order valence-corrected chi connectivity index (χ0v) is 13.4. The molecule has 0 aliphatic carbocycles. The van der Waals surface area contributed by atoms with E-state index in [-0.39, 0.29) is 5.91 Å². The standard InChI is InChI=1S/C15H16ClN3OS/c1-3-17-14-11(16)8-10(9-18-14)15(20)19-12-6-4-5-7-13(12)21-2/h4-9H,3H2,1-2H3,(H,17,18)(H,19,20). The minimum atomic E-state index is -0.228. The molecule has 0 bridgehead atoms. The Balaban J connectivity index is 2.19. The van der Waals surface area contributed by atoms with E-state index in [0.29, 0.717) is 16.4 Å². The molecule has 0 saturated heterocycles. The van der Waals surface area contributed by atoms with Gasteiger partial charge in [0.25, 0.3) is 5.91 Å². The van der Waals surface area contributed by atoms with Gasteiger partial charge in [0, 0.05) is 17.6 Å². The van der Waals surface area contributed by atoms with Crippen LogP contribution in [0, 0.1) is 0 Å². The second kappa shape index (κ2) is 7.33. The van der Waals surface area contributed by atoms with Crippen molar-refractivity contribution in [2.24, 2.45) is 0 Å². The number of carbonyl (C=O) groups is 1. The van der Waals surface area contributed by atoms with Crippen LogP contribution in [-0.2, 0) is 0 Å². The minimum absolute atomic E-state index is 0.228. The van der Waals surface area contributed by atoms with Crippen LogP contribution in [0.25, 0.3) is 0 Å². The Hall–Kier alpha value is -1.72. The molecule has 0 aliphatic rings. The Morgan fingerprint density at radius 2 is 2.14 bits per heavy atom. The third kappa shape index (κ3) is 3.89. The van der Waals surface area contributed by atoms with E-state index < -0.39 is 0 Å². The molecular weight excluding hydrogens is 306 g/mol. The van der Waals surface area contributed by atoms with Crippen molar-refractivity contribution in [3.8, 4) is 0 Å². The van der Waals surface area contributed by atoms with Crippen LogP contribution in [0.15, 0.2) is 41.4 Å². The normalized spacial score (nSPS) is 10.2. The van der Waals surface area contributed by atoms with Gasteiger partial charge in [0.05, 0.1) is 16.3 Å². The van der Waals surface area contributed by atoms with E-state index in [9.17, 15) is 4.79 Å². The molecule has 1 amide bonds. The molecule has 0 fully saturated rings. The summed E-state index contributed by atoms with van der Waals surface area (Å²) in [7, 11) is 0. The molecule has 0 atom stereocenters. The van der Waals surface area contributed by atoms with Crippen LogP contribution in [0.1, 0.15) is 17.3 Å². The average molecular weight is 322 g/mol. The fraction of sp³-hybridized carbons (Fsp3) is 0.200. The van der Waals surface area contributed by atoms with Crippen molar-refractivity contribution < 1.29 is 4.79 Å². The summed E-state index contributed by atoms with van der Waals surface area (Å²) in [4.78, 5) is 17.4. The van der Waals surface area contributed by atoms with Gasteiger partial charge in [-0.15, -0.1) is 11.8 Å². The van der Waals surface area contributed by atoms with E-state index in [0.717, 1.165) is 17.1 Å². The topological polar surface area (TPSA) is 54.0 Å². The van der Waals surface area contributed by atoms with E-state index >= 15 is 0 Å². The number of para-hydroxylation sites is 1. The number of hydrogen-bond acceptors (Lipinski definition) is 4. The summed E-state index contributed by atoms with van der Waals surface area (Å²) in [5.74, 6) is 0.356. The molecular formula is C15H16ClN3OS. The largest absolute Gasteiger partial charge is 0.369 e. The Kier molecular flexibility index (Phi) is 5.47. The van der Waals surface area contributed by atoms with Gasteiger partial charge in [0.1, 0.15) is 5.82 Å². The molecule has 4 nitrogen and oxygen atoms in total. The Labute approximate surface area is 133 Å². The summed E-state index contributed by atoms with van der Waals surface area (Å²) in [5.41, 5.74) is 1.21. The van der Waals surface area contributed by atoms with Gasteiger partial charge in [0.15, 0.2) is 0 Å². The van der Waals surface area contributed by atoms with Gasteiger partial charge in [-0.2, -0.15) is 0 Å². The molecule has 2 aromatic rings. The maximum absolute atomic E-state index is 12.3. The molecule has 21 heavy (non-hydrogen) atoms. The van der Waals surface area contributed by atoms with E-state index in [1.807, 2.05) is 37.4 Å². The lowest BCUT2D eigenvalue weighted by Gasteiger charge is -2.10. The fourth-order valence-corrected chi connectivity index (χ4v) is 2.59. The summed E-state index contributed by atoms with van der Waals surface area (Å²) in [6.45, 7) is 2.68. The van der Waals surface area contributed by atoms with Crippen molar-refractivity contribution in [1.82, 2.24) is 4.98 Å². The predicted molar refractivity (Wildman–Crippen MR) is 89.6 cm³/mol. The third-order valence-corrected chi connectivity index (χ3v) is 3.89. The van der Waals surface area contributed by atoms with Crippen molar-refractivity contribution in [3.05, 3.63) is 47.1 Å². The Morgan fingerprint density at radius 1 is 1.38 bits per heavy atom. The van der Waals surface area contributed by atoms with E-state index in [1.54, 1.807) is 17.8 Å². The molecule has 0 aliphatic heterocycles. The zero-order valence-electron chi connectivity index (χ0n) is 11.8. The molecule has 0 unspecified atom stereocenters. The SMILES string of the molecule is CCNc1ncc(C(=O)Nc2ccccc2SC)cc1Cl. The molecule has 0 spiro atoms. The van der Waals surface area contributed by atoms with Crippen molar-refractivity contribution >= 4 is 40.8 Å². The summed E-state index contributed by atoms with van der Waals surface area (Å²) in [6.07, 6.45) is 3.48. The second-order valence-corrected chi connectivity index (χ2v) is 5.49. The number of nitrogens with one attached hydrogen (secondary N) is 2. The number of benzene rings is 1. The molecule has 1 aromatic heterocycles. The van der Waals surface area contributed by atoms with Gasteiger partial charge >= 0.3 is 0 Å². The molecule has 6 heteroatoms.